The van der Waals surface area contributed by atoms with E-state index in [1.807, 2.05) is 30.5 Å². The van der Waals surface area contributed by atoms with Crippen LogP contribution < -0.4 is 0 Å². The second kappa shape index (κ2) is 6.79. The number of hydrogen-bond donors (Lipinski definition) is 1. The fourth-order valence-electron chi connectivity index (χ4n) is 2.85. The second-order valence-corrected chi connectivity index (χ2v) is 7.10. The minimum atomic E-state index is -0.469. The summed E-state index contributed by atoms with van der Waals surface area (Å²) in [4.78, 5) is 4.33. The van der Waals surface area contributed by atoms with Crippen molar-refractivity contribution in [2.45, 2.75) is 25.9 Å². The van der Waals surface area contributed by atoms with Gasteiger partial charge in [-0.1, -0.05) is 43.1 Å². The van der Waals surface area contributed by atoms with Gasteiger partial charge in [0, 0.05) is 17.3 Å². The predicted octanol–water partition coefficient (Wildman–Crippen LogP) is 5.14. The van der Waals surface area contributed by atoms with Crippen LogP contribution in [0.5, 0.6) is 0 Å². The first-order chi connectivity index (χ1) is 11.8. The van der Waals surface area contributed by atoms with Gasteiger partial charge in [0.1, 0.15) is 18.2 Å². The molecule has 0 aliphatic heterocycles. The Balaban J connectivity index is 2.17. The zero-order valence-electron chi connectivity index (χ0n) is 13.8. The lowest BCUT2D eigenvalue weighted by atomic mass is 9.81. The van der Waals surface area contributed by atoms with Crippen LogP contribution in [0.25, 0.3) is 5.69 Å². The predicted molar refractivity (Wildman–Crippen MR) is 98.0 cm³/mol. The first kappa shape index (κ1) is 17.9. The van der Waals surface area contributed by atoms with Crippen molar-refractivity contribution in [3.8, 4) is 5.69 Å². The zero-order valence-corrected chi connectivity index (χ0v) is 15.3. The van der Waals surface area contributed by atoms with Gasteiger partial charge >= 0.3 is 0 Å². The third-order valence-corrected chi connectivity index (χ3v) is 5.08. The number of halogens is 3. The van der Waals surface area contributed by atoms with Gasteiger partial charge in [0.25, 0.3) is 0 Å². The smallest absolute Gasteiger partial charge is 0.139 e. The lowest BCUT2D eigenvalue weighted by Gasteiger charge is -2.27. The van der Waals surface area contributed by atoms with E-state index in [-0.39, 0.29) is 12.4 Å². The lowest BCUT2D eigenvalue weighted by molar-refractivity contribution is 0.269. The molecule has 3 aromatic rings. The fourth-order valence-corrected chi connectivity index (χ4v) is 3.15. The van der Waals surface area contributed by atoms with E-state index in [0.717, 1.165) is 16.9 Å². The fraction of sp³-hybridized carbons (Fsp3) is 0.211. The van der Waals surface area contributed by atoms with Crippen LogP contribution in [0.1, 0.15) is 30.9 Å². The summed E-state index contributed by atoms with van der Waals surface area (Å²) in [5.74, 6) is 0.162. The van der Waals surface area contributed by atoms with Crippen molar-refractivity contribution in [3.05, 3.63) is 81.6 Å². The molecule has 1 aromatic heterocycles. The van der Waals surface area contributed by atoms with E-state index in [9.17, 15) is 9.50 Å². The highest BCUT2D eigenvalue weighted by Gasteiger charge is 2.29. The number of rotatable bonds is 4. The SMILES string of the molecule is CC(C)(c1ccc(Cl)c(Cl)c1)c1cnc(CO)n1-c1ccc(F)cc1. The largest absolute Gasteiger partial charge is 0.388 e. The lowest BCUT2D eigenvalue weighted by Crippen LogP contribution is -2.23. The number of benzene rings is 2. The zero-order chi connectivity index (χ0) is 18.2. The van der Waals surface area contributed by atoms with Crippen molar-refractivity contribution >= 4 is 23.2 Å². The van der Waals surface area contributed by atoms with Gasteiger partial charge in [-0.15, -0.1) is 0 Å². The van der Waals surface area contributed by atoms with E-state index >= 15 is 0 Å². The Morgan fingerprint density at radius 2 is 1.76 bits per heavy atom. The molecule has 0 radical (unpaired) electrons. The molecule has 0 aliphatic rings. The van der Waals surface area contributed by atoms with Gasteiger partial charge in [0.05, 0.1) is 15.7 Å². The van der Waals surface area contributed by atoms with Crippen LogP contribution in [-0.2, 0) is 12.0 Å². The molecule has 0 unspecified atom stereocenters. The molecule has 0 fully saturated rings. The third kappa shape index (κ3) is 3.30. The molecule has 0 bridgehead atoms. The number of aliphatic hydroxyl groups excluding tert-OH is 1. The highest BCUT2D eigenvalue weighted by molar-refractivity contribution is 6.42. The van der Waals surface area contributed by atoms with Crippen molar-refractivity contribution in [1.29, 1.82) is 0 Å². The molecule has 3 nitrogen and oxygen atoms in total. The van der Waals surface area contributed by atoms with Gasteiger partial charge in [-0.25, -0.2) is 9.37 Å². The average molecular weight is 379 g/mol. The molecule has 6 heteroatoms. The van der Waals surface area contributed by atoms with Crippen LogP contribution in [-0.4, -0.2) is 14.7 Å². The highest BCUT2D eigenvalue weighted by atomic mass is 35.5. The van der Waals surface area contributed by atoms with Gasteiger partial charge in [0.15, 0.2) is 0 Å². The molecule has 0 amide bonds. The third-order valence-electron chi connectivity index (χ3n) is 4.34. The van der Waals surface area contributed by atoms with E-state index in [0.29, 0.717) is 15.9 Å². The number of hydrogen-bond acceptors (Lipinski definition) is 2. The summed E-state index contributed by atoms with van der Waals surface area (Å²) in [7, 11) is 0. The molecule has 0 atom stereocenters. The second-order valence-electron chi connectivity index (χ2n) is 6.28. The van der Waals surface area contributed by atoms with Crippen LogP contribution in [0.15, 0.2) is 48.7 Å². The molecule has 2 aromatic carbocycles. The van der Waals surface area contributed by atoms with Crippen molar-refractivity contribution in [1.82, 2.24) is 9.55 Å². The van der Waals surface area contributed by atoms with E-state index in [4.69, 9.17) is 23.2 Å². The maximum absolute atomic E-state index is 13.3. The molecule has 1 N–H and O–H groups in total. The van der Waals surface area contributed by atoms with E-state index < -0.39 is 5.41 Å². The van der Waals surface area contributed by atoms with Gasteiger partial charge in [0.2, 0.25) is 0 Å². The molecular formula is C19H17Cl2FN2O. The summed E-state index contributed by atoms with van der Waals surface area (Å²) in [6.45, 7) is 3.84. The standard InChI is InChI=1S/C19H17Cl2FN2O/c1-19(2,12-3-8-15(20)16(21)9-12)17-10-23-18(11-25)24(17)14-6-4-13(22)5-7-14/h3-10,25H,11H2,1-2H3. The average Bonchev–Trinajstić information content (AvgIpc) is 3.02. The summed E-state index contributed by atoms with van der Waals surface area (Å²) in [6.07, 6.45) is 1.72. The number of aromatic nitrogens is 2. The molecular weight excluding hydrogens is 362 g/mol. The molecule has 3 rings (SSSR count). The molecule has 0 saturated heterocycles. The molecule has 130 valence electrons. The van der Waals surface area contributed by atoms with Crippen LogP contribution in [0.2, 0.25) is 10.0 Å². The van der Waals surface area contributed by atoms with Gasteiger partial charge in [-0.3, -0.25) is 4.57 Å². The van der Waals surface area contributed by atoms with Gasteiger partial charge in [-0.05, 0) is 42.0 Å². The maximum atomic E-state index is 13.3. The molecule has 0 aliphatic carbocycles. The van der Waals surface area contributed by atoms with Gasteiger partial charge in [-0.2, -0.15) is 0 Å². The van der Waals surface area contributed by atoms with Crippen molar-refractivity contribution in [2.75, 3.05) is 0 Å². The summed E-state index contributed by atoms with van der Waals surface area (Å²) in [6, 6.07) is 11.6. The summed E-state index contributed by atoms with van der Waals surface area (Å²) < 4.78 is 15.1. The van der Waals surface area contributed by atoms with Crippen LogP contribution >= 0.6 is 23.2 Å². The summed E-state index contributed by atoms with van der Waals surface area (Å²) in [5.41, 5.74) is 2.06. The molecule has 1 heterocycles. The summed E-state index contributed by atoms with van der Waals surface area (Å²) >= 11 is 12.2. The number of aliphatic hydroxyl groups is 1. The minimum Gasteiger partial charge on any atom is -0.388 e. The molecule has 0 saturated carbocycles. The Morgan fingerprint density at radius 1 is 1.08 bits per heavy atom. The Kier molecular flexibility index (Phi) is 4.87. The number of imidazole rings is 1. The molecule has 25 heavy (non-hydrogen) atoms. The number of nitrogens with zero attached hydrogens (tertiary/aromatic N) is 2. The van der Waals surface area contributed by atoms with Crippen molar-refractivity contribution in [3.63, 3.8) is 0 Å². The van der Waals surface area contributed by atoms with Crippen LogP contribution in [0, 0.1) is 5.82 Å². The Bertz CT molecular complexity index is 904. The van der Waals surface area contributed by atoms with Crippen LogP contribution in [0.4, 0.5) is 4.39 Å². The van der Waals surface area contributed by atoms with Crippen LogP contribution in [0.3, 0.4) is 0 Å². The first-order valence-corrected chi connectivity index (χ1v) is 8.49. The maximum Gasteiger partial charge on any atom is 0.139 e. The topological polar surface area (TPSA) is 38.1 Å². The van der Waals surface area contributed by atoms with Gasteiger partial charge < -0.3 is 5.11 Å². The Labute approximate surface area is 155 Å². The monoisotopic (exact) mass is 378 g/mol. The van der Waals surface area contributed by atoms with E-state index in [1.54, 1.807) is 24.4 Å². The van der Waals surface area contributed by atoms with Crippen molar-refractivity contribution < 1.29 is 9.50 Å². The minimum absolute atomic E-state index is 0.227. The van der Waals surface area contributed by atoms with Crippen molar-refractivity contribution in [2.24, 2.45) is 0 Å². The normalized spacial score (nSPS) is 11.8. The van der Waals surface area contributed by atoms with E-state index in [2.05, 4.69) is 4.98 Å². The highest BCUT2D eigenvalue weighted by Crippen LogP contribution is 2.36. The quantitative estimate of drug-likeness (QED) is 0.682. The van der Waals surface area contributed by atoms with E-state index in [1.165, 1.54) is 12.1 Å². The summed E-state index contributed by atoms with van der Waals surface area (Å²) in [5, 5.41) is 10.6. The Morgan fingerprint density at radius 3 is 2.36 bits per heavy atom. The molecule has 0 spiro atoms. The Hall–Kier alpha value is -1.88. The first-order valence-electron chi connectivity index (χ1n) is 7.74.